The number of nitrogens with one attached hydrogen (secondary N) is 2. The Hall–Kier alpha value is -4.41. The lowest BCUT2D eigenvalue weighted by Gasteiger charge is -2.28. The van der Waals surface area contributed by atoms with E-state index in [0.717, 1.165) is 50.7 Å². The molecule has 0 aliphatic carbocycles. The van der Waals surface area contributed by atoms with Crippen molar-refractivity contribution in [2.75, 3.05) is 36.9 Å². The van der Waals surface area contributed by atoms with E-state index >= 15 is 0 Å². The summed E-state index contributed by atoms with van der Waals surface area (Å²) in [6.07, 6.45) is 4.80. The van der Waals surface area contributed by atoms with Gasteiger partial charge in [0.05, 0.1) is 23.4 Å². The number of nitrogens with two attached hydrogens (primary N) is 1. The lowest BCUT2D eigenvalue weighted by molar-refractivity contribution is -0.124. The maximum Gasteiger partial charge on any atom is 0.220 e. The van der Waals surface area contributed by atoms with Crippen molar-refractivity contribution in [2.24, 2.45) is 0 Å². The van der Waals surface area contributed by atoms with Gasteiger partial charge in [-0.05, 0) is 36.3 Å². The first kappa shape index (κ1) is 28.1. The minimum atomic E-state index is -0.146. The van der Waals surface area contributed by atoms with Gasteiger partial charge < -0.3 is 26.1 Å². The number of morpholine rings is 1. The summed E-state index contributed by atoms with van der Waals surface area (Å²) < 4.78 is 6.58. The number of ketones is 1. The van der Waals surface area contributed by atoms with Gasteiger partial charge in [-0.2, -0.15) is 0 Å². The number of nitrogen functional groups attached to an aromatic ring is 1. The molecule has 0 saturated carbocycles. The predicted molar refractivity (Wildman–Crippen MR) is 165 cm³/mol. The van der Waals surface area contributed by atoms with E-state index < -0.39 is 0 Å². The maximum absolute atomic E-state index is 12.1. The van der Waals surface area contributed by atoms with Gasteiger partial charge >= 0.3 is 0 Å². The monoisotopic (exact) mass is 568 g/mol. The van der Waals surface area contributed by atoms with Gasteiger partial charge in [0.15, 0.2) is 17.4 Å². The van der Waals surface area contributed by atoms with Crippen molar-refractivity contribution in [2.45, 2.75) is 26.3 Å². The van der Waals surface area contributed by atoms with Crippen LogP contribution in [0.15, 0.2) is 60.7 Å². The Balaban J connectivity index is 1.41. The fourth-order valence-corrected chi connectivity index (χ4v) is 5.81. The maximum atomic E-state index is 12.1. The summed E-state index contributed by atoms with van der Waals surface area (Å²) in [7, 11) is 0. The highest BCUT2D eigenvalue weighted by Gasteiger charge is 2.21. The highest BCUT2D eigenvalue weighted by atomic mass is 32.1. The second-order valence-electron chi connectivity index (χ2n) is 9.69. The van der Waals surface area contributed by atoms with Crippen LogP contribution in [0.1, 0.15) is 30.9 Å². The van der Waals surface area contributed by atoms with Crippen LogP contribution in [0.4, 0.5) is 11.5 Å². The van der Waals surface area contributed by atoms with Crippen LogP contribution in [0.2, 0.25) is 0 Å². The molecule has 1 fully saturated rings. The number of allylic oxidation sites excluding steroid dienone is 2. The van der Waals surface area contributed by atoms with Crippen molar-refractivity contribution in [1.29, 1.82) is 5.41 Å². The highest BCUT2D eigenvalue weighted by Crippen LogP contribution is 2.39. The fraction of sp³-hybridized carbons (Fsp3) is 0.258. The Bertz CT molecular complexity index is 1610. The standard InChI is InChI=1S/C31H32N6O3S/c1-2-4-22(38)11-12-28(39)34-19-20-7-9-21(10-8-20)27-17-26-29(41-27)31(37-13-15-40-16-14-37)36-30(35-26)23-5-3-6-25(33)24(23)18-32/h2-10,17-18,32H,11-16,19,33H2,1H3,(H,34,39). The molecule has 4 aromatic rings. The predicted octanol–water partition coefficient (Wildman–Crippen LogP) is 4.98. The van der Waals surface area contributed by atoms with Gasteiger partial charge in [0.25, 0.3) is 0 Å². The lowest BCUT2D eigenvalue weighted by Crippen LogP contribution is -2.36. The SMILES string of the molecule is CC=CC(=O)CCC(=O)NCc1ccc(-c2cc3nc(-c4cccc(N)c4C=N)nc(N4CCOCC4)c3s2)cc1. The second-order valence-corrected chi connectivity index (χ2v) is 10.7. The van der Waals surface area contributed by atoms with Crippen molar-refractivity contribution in [3.05, 3.63) is 71.8 Å². The van der Waals surface area contributed by atoms with E-state index in [-0.39, 0.29) is 24.5 Å². The average Bonchev–Trinajstić information content (AvgIpc) is 3.43. The Labute approximate surface area is 242 Å². The van der Waals surface area contributed by atoms with Crippen LogP contribution in [0, 0.1) is 5.41 Å². The number of hydrogen-bond acceptors (Lipinski definition) is 9. The molecule has 5 rings (SSSR count). The molecular weight excluding hydrogens is 536 g/mol. The van der Waals surface area contributed by atoms with Gasteiger partial charge in [-0.1, -0.05) is 42.5 Å². The van der Waals surface area contributed by atoms with E-state index in [0.29, 0.717) is 36.8 Å². The van der Waals surface area contributed by atoms with Crippen LogP contribution in [-0.4, -0.2) is 54.2 Å². The van der Waals surface area contributed by atoms with Crippen molar-refractivity contribution >= 4 is 51.0 Å². The molecule has 1 saturated heterocycles. The number of carbonyl (C=O) groups is 2. The fourth-order valence-electron chi connectivity index (χ4n) is 4.69. The molecule has 0 atom stereocenters. The second kappa shape index (κ2) is 12.8. The number of aromatic nitrogens is 2. The smallest absolute Gasteiger partial charge is 0.220 e. The minimum absolute atomic E-state index is 0.0491. The van der Waals surface area contributed by atoms with E-state index in [9.17, 15) is 9.59 Å². The van der Waals surface area contributed by atoms with Crippen LogP contribution in [0.3, 0.4) is 0 Å². The largest absolute Gasteiger partial charge is 0.398 e. The average molecular weight is 569 g/mol. The molecule has 210 valence electrons. The molecule has 1 aliphatic rings. The number of thiophene rings is 1. The third-order valence-electron chi connectivity index (χ3n) is 6.87. The van der Waals surface area contributed by atoms with Crippen molar-refractivity contribution in [3.8, 4) is 21.8 Å². The molecule has 41 heavy (non-hydrogen) atoms. The molecule has 9 nitrogen and oxygen atoms in total. The summed E-state index contributed by atoms with van der Waals surface area (Å²) in [6.45, 7) is 4.91. The molecule has 2 aromatic carbocycles. The third-order valence-corrected chi connectivity index (χ3v) is 8.04. The molecule has 0 bridgehead atoms. The molecule has 1 aliphatic heterocycles. The first-order valence-electron chi connectivity index (χ1n) is 13.5. The molecule has 0 unspecified atom stereocenters. The van der Waals surface area contributed by atoms with Crippen LogP contribution < -0.4 is 16.0 Å². The van der Waals surface area contributed by atoms with E-state index in [4.69, 9.17) is 25.8 Å². The van der Waals surface area contributed by atoms with Gasteiger partial charge in [-0.15, -0.1) is 11.3 Å². The number of nitrogens with zero attached hydrogens (tertiary/aromatic N) is 3. The Morgan fingerprint density at radius 2 is 1.90 bits per heavy atom. The first-order chi connectivity index (χ1) is 20.0. The molecule has 10 heteroatoms. The molecule has 3 heterocycles. The van der Waals surface area contributed by atoms with Gasteiger partial charge in [0.1, 0.15) is 0 Å². The zero-order valence-corrected chi connectivity index (χ0v) is 23.7. The van der Waals surface area contributed by atoms with Crippen molar-refractivity contribution < 1.29 is 14.3 Å². The number of rotatable bonds is 10. The molecule has 0 spiro atoms. The summed E-state index contributed by atoms with van der Waals surface area (Å²) in [6, 6.07) is 15.7. The third kappa shape index (κ3) is 6.50. The molecule has 1 amide bonds. The Morgan fingerprint density at radius 3 is 2.63 bits per heavy atom. The zero-order valence-electron chi connectivity index (χ0n) is 22.9. The van der Waals surface area contributed by atoms with E-state index in [1.54, 1.807) is 30.4 Å². The van der Waals surface area contributed by atoms with E-state index in [1.165, 1.54) is 12.3 Å². The number of hydrogen-bond donors (Lipinski definition) is 3. The van der Waals surface area contributed by atoms with Gasteiger partial charge in [0.2, 0.25) is 5.91 Å². The summed E-state index contributed by atoms with van der Waals surface area (Å²) >= 11 is 1.64. The van der Waals surface area contributed by atoms with Gasteiger partial charge in [-0.3, -0.25) is 9.59 Å². The minimum Gasteiger partial charge on any atom is -0.398 e. The number of carbonyl (C=O) groups excluding carboxylic acids is 2. The van der Waals surface area contributed by atoms with Crippen LogP contribution in [-0.2, 0) is 20.9 Å². The number of ether oxygens (including phenoxy) is 1. The molecular formula is C31H32N6O3S. The molecule has 0 radical (unpaired) electrons. The van der Waals surface area contributed by atoms with Gasteiger partial charge in [-0.25, -0.2) is 9.97 Å². The van der Waals surface area contributed by atoms with Crippen molar-refractivity contribution in [3.63, 3.8) is 0 Å². The summed E-state index contributed by atoms with van der Waals surface area (Å²) in [5, 5.41) is 10.8. The lowest BCUT2D eigenvalue weighted by atomic mass is 10.1. The Morgan fingerprint density at radius 1 is 1.12 bits per heavy atom. The summed E-state index contributed by atoms with van der Waals surface area (Å²) in [4.78, 5) is 36.9. The molecule has 4 N–H and O–H groups in total. The zero-order chi connectivity index (χ0) is 28.8. The summed E-state index contributed by atoms with van der Waals surface area (Å²) in [5.74, 6) is 1.20. The van der Waals surface area contributed by atoms with E-state index in [1.807, 2.05) is 36.4 Å². The normalized spacial score (nSPS) is 13.5. The van der Waals surface area contributed by atoms with Crippen molar-refractivity contribution in [1.82, 2.24) is 15.3 Å². The number of anilines is 2. The highest BCUT2D eigenvalue weighted by molar-refractivity contribution is 7.22. The van der Waals surface area contributed by atoms with Crippen LogP contribution in [0.5, 0.6) is 0 Å². The first-order valence-corrected chi connectivity index (χ1v) is 14.3. The van der Waals surface area contributed by atoms with Gasteiger partial charge in [0, 0.05) is 60.4 Å². The van der Waals surface area contributed by atoms with E-state index in [2.05, 4.69) is 16.3 Å². The summed E-state index contributed by atoms with van der Waals surface area (Å²) in [5.41, 5.74) is 10.8. The topological polar surface area (TPSA) is 134 Å². The Kier molecular flexibility index (Phi) is 8.81. The molecule has 2 aromatic heterocycles. The number of amides is 1. The number of fused-ring (bicyclic) bond motifs is 1. The number of benzene rings is 2. The van der Waals surface area contributed by atoms with Crippen LogP contribution >= 0.6 is 11.3 Å². The quantitative estimate of drug-likeness (QED) is 0.139. The van der Waals surface area contributed by atoms with Crippen LogP contribution in [0.25, 0.3) is 32.0 Å².